The molecule has 0 aliphatic carbocycles. The second-order valence-electron chi connectivity index (χ2n) is 9.05. The van der Waals surface area contributed by atoms with Gasteiger partial charge >= 0.3 is 0 Å². The summed E-state index contributed by atoms with van der Waals surface area (Å²) in [6, 6.07) is 2.96. The van der Waals surface area contributed by atoms with E-state index in [-0.39, 0.29) is 53.3 Å². The molecule has 0 spiro atoms. The van der Waals surface area contributed by atoms with E-state index in [1.165, 1.54) is 6.07 Å². The highest BCUT2D eigenvalue weighted by Gasteiger charge is 2.33. The van der Waals surface area contributed by atoms with Crippen molar-refractivity contribution in [2.75, 3.05) is 44.7 Å². The van der Waals surface area contributed by atoms with Crippen molar-refractivity contribution in [1.82, 2.24) is 10.2 Å². The summed E-state index contributed by atoms with van der Waals surface area (Å²) in [7, 11) is 0. The first-order chi connectivity index (χ1) is 15.8. The fourth-order valence-corrected chi connectivity index (χ4v) is 5.23. The second-order valence-corrected chi connectivity index (χ2v) is 9.97. The molecule has 1 aromatic carbocycles. The van der Waals surface area contributed by atoms with E-state index in [0.29, 0.717) is 50.3 Å². The third-order valence-corrected chi connectivity index (χ3v) is 6.61. The molecule has 4 rings (SSSR count). The maximum absolute atomic E-state index is 13.5. The zero-order valence-corrected chi connectivity index (χ0v) is 20.5. The first-order valence-electron chi connectivity index (χ1n) is 11.4. The average molecular weight is 527 g/mol. The van der Waals surface area contributed by atoms with Gasteiger partial charge in [0.2, 0.25) is 0 Å². The van der Waals surface area contributed by atoms with E-state index in [9.17, 15) is 14.9 Å². The normalized spacial score (nSPS) is 30.3. The van der Waals surface area contributed by atoms with Crippen LogP contribution in [0.25, 0.3) is 0 Å². The molecule has 0 unspecified atom stereocenters. The molecule has 0 aromatic heterocycles. The van der Waals surface area contributed by atoms with E-state index < -0.39 is 4.92 Å². The number of anilines is 1. The minimum atomic E-state index is -0.450. The zero-order chi connectivity index (χ0) is 23.5. The number of ether oxygens (including phenoxy) is 3. The number of carbonyl (C=O) groups is 1. The van der Waals surface area contributed by atoms with Crippen LogP contribution in [-0.4, -0.2) is 85.6 Å². The molecule has 5 atom stereocenters. The molecule has 3 fully saturated rings. The Labute approximate surface area is 201 Å². The monoisotopic (exact) mass is 526 g/mol. The van der Waals surface area contributed by atoms with Crippen molar-refractivity contribution in [2.24, 2.45) is 0 Å². The average Bonchev–Trinajstić information content (AvgIpc) is 3.26. The molecule has 0 bridgehead atoms. The van der Waals surface area contributed by atoms with Crippen LogP contribution in [0.2, 0.25) is 0 Å². The van der Waals surface area contributed by atoms with Crippen LogP contribution in [0.15, 0.2) is 16.6 Å². The molecular weight excluding hydrogens is 496 g/mol. The zero-order valence-electron chi connectivity index (χ0n) is 18.9. The molecule has 11 heteroatoms. The summed E-state index contributed by atoms with van der Waals surface area (Å²) in [5.74, 6) is -0.247. The number of nitrogens with one attached hydrogen (secondary N) is 2. The fourth-order valence-electron chi connectivity index (χ4n) is 4.78. The van der Waals surface area contributed by atoms with Crippen LogP contribution in [0.5, 0.6) is 0 Å². The van der Waals surface area contributed by atoms with E-state index in [2.05, 4.69) is 26.6 Å². The molecule has 1 amide bonds. The summed E-state index contributed by atoms with van der Waals surface area (Å²) >= 11 is 3.34. The van der Waals surface area contributed by atoms with Crippen LogP contribution in [-0.2, 0) is 14.2 Å². The van der Waals surface area contributed by atoms with Crippen LogP contribution < -0.4 is 10.6 Å². The highest BCUT2D eigenvalue weighted by atomic mass is 79.9. The Bertz CT molecular complexity index is 871. The Morgan fingerprint density at radius 2 is 2.03 bits per heavy atom. The number of nitro groups is 1. The molecule has 2 N–H and O–H groups in total. The van der Waals surface area contributed by atoms with Gasteiger partial charge in [-0.15, -0.1) is 0 Å². The number of benzene rings is 1. The van der Waals surface area contributed by atoms with Crippen LogP contribution in [0.4, 0.5) is 11.4 Å². The second kappa shape index (κ2) is 10.6. The van der Waals surface area contributed by atoms with Crippen molar-refractivity contribution in [3.63, 3.8) is 0 Å². The number of nitrogens with zero attached hydrogens (tertiary/aromatic N) is 2. The SMILES string of the molecule is C[C@@H]1CN(C(=O)c2cc(Br)cc([N+](=O)[O-])c2N[C@H]2CNC[C@H](O[C@H]3CCOC3)C2)C[C@H](C)O1. The van der Waals surface area contributed by atoms with E-state index >= 15 is 0 Å². The number of halogens is 1. The van der Waals surface area contributed by atoms with E-state index in [4.69, 9.17) is 14.2 Å². The lowest BCUT2D eigenvalue weighted by molar-refractivity contribution is -0.384. The fraction of sp³-hybridized carbons (Fsp3) is 0.682. The van der Waals surface area contributed by atoms with Crippen LogP contribution in [0, 0.1) is 10.1 Å². The van der Waals surface area contributed by atoms with Gasteiger partial charge in [0.1, 0.15) is 5.69 Å². The molecule has 0 saturated carbocycles. The molecular formula is C22H31BrN4O6. The lowest BCUT2D eigenvalue weighted by Crippen LogP contribution is -2.49. The van der Waals surface area contributed by atoms with E-state index in [0.717, 1.165) is 6.42 Å². The third kappa shape index (κ3) is 6.02. The van der Waals surface area contributed by atoms with Gasteiger partial charge in [-0.3, -0.25) is 14.9 Å². The molecule has 3 heterocycles. The Morgan fingerprint density at radius 1 is 1.27 bits per heavy atom. The van der Waals surface area contributed by atoms with E-state index in [1.807, 2.05) is 13.8 Å². The Balaban J connectivity index is 1.57. The van der Waals surface area contributed by atoms with Crippen LogP contribution >= 0.6 is 15.9 Å². The van der Waals surface area contributed by atoms with Crippen molar-refractivity contribution in [3.05, 3.63) is 32.3 Å². The number of carbonyl (C=O) groups excluding carboxylic acids is 1. The molecule has 182 valence electrons. The maximum Gasteiger partial charge on any atom is 0.294 e. The molecule has 33 heavy (non-hydrogen) atoms. The highest BCUT2D eigenvalue weighted by molar-refractivity contribution is 9.10. The van der Waals surface area contributed by atoms with Gasteiger partial charge in [0.15, 0.2) is 0 Å². The molecule has 10 nitrogen and oxygen atoms in total. The third-order valence-electron chi connectivity index (χ3n) is 6.15. The Morgan fingerprint density at radius 3 is 2.70 bits per heavy atom. The number of hydrogen-bond acceptors (Lipinski definition) is 8. The largest absolute Gasteiger partial charge is 0.379 e. The standard InChI is InChI=1S/C22H31BrN4O6/c1-13-10-26(11-14(2)32-13)22(28)19-5-15(23)6-20(27(29)30)21(19)25-16-7-18(9-24-8-16)33-17-3-4-31-12-17/h5-6,13-14,16-18,24-25H,3-4,7-12H2,1-2H3/t13-,14+,16-,17+,18-/m1/s1. The number of nitro benzene ring substituents is 1. The van der Waals surface area contributed by atoms with Gasteiger partial charge in [0.05, 0.1) is 41.5 Å². The van der Waals surface area contributed by atoms with Crippen molar-refractivity contribution in [1.29, 1.82) is 0 Å². The lowest BCUT2D eigenvalue weighted by Gasteiger charge is -2.36. The summed E-state index contributed by atoms with van der Waals surface area (Å²) in [6.45, 7) is 7.35. The summed E-state index contributed by atoms with van der Waals surface area (Å²) in [6.07, 6.45) is 1.41. The molecule has 3 aliphatic rings. The molecule has 3 aliphatic heterocycles. The number of piperidine rings is 1. The van der Waals surface area contributed by atoms with Crippen molar-refractivity contribution >= 4 is 33.2 Å². The van der Waals surface area contributed by atoms with Gasteiger partial charge in [-0.25, -0.2) is 0 Å². The van der Waals surface area contributed by atoms with Crippen molar-refractivity contribution in [2.45, 2.75) is 57.1 Å². The van der Waals surface area contributed by atoms with Gasteiger partial charge < -0.3 is 29.7 Å². The molecule has 1 aromatic rings. The minimum absolute atomic E-state index is 0.0300. The Hall–Kier alpha value is -1.79. The molecule has 0 radical (unpaired) electrons. The first kappa shape index (κ1) is 24.3. The predicted molar refractivity (Wildman–Crippen MR) is 126 cm³/mol. The van der Waals surface area contributed by atoms with Gasteiger partial charge in [0, 0.05) is 49.4 Å². The lowest BCUT2D eigenvalue weighted by atomic mass is 10.0. The minimum Gasteiger partial charge on any atom is -0.379 e. The first-order valence-corrected chi connectivity index (χ1v) is 12.2. The quantitative estimate of drug-likeness (QED) is 0.429. The van der Waals surface area contributed by atoms with Crippen molar-refractivity contribution in [3.8, 4) is 0 Å². The Kier molecular flexibility index (Phi) is 7.85. The summed E-state index contributed by atoms with van der Waals surface area (Å²) in [5.41, 5.74) is 0.399. The number of rotatable bonds is 6. The van der Waals surface area contributed by atoms with Crippen LogP contribution in [0.1, 0.15) is 37.0 Å². The van der Waals surface area contributed by atoms with E-state index in [1.54, 1.807) is 11.0 Å². The summed E-state index contributed by atoms with van der Waals surface area (Å²) < 4.78 is 17.8. The summed E-state index contributed by atoms with van der Waals surface area (Å²) in [4.78, 5) is 26.7. The maximum atomic E-state index is 13.5. The number of hydrogen-bond donors (Lipinski definition) is 2. The smallest absolute Gasteiger partial charge is 0.294 e. The summed E-state index contributed by atoms with van der Waals surface area (Å²) in [5, 5.41) is 18.6. The number of amides is 1. The van der Waals surface area contributed by atoms with Gasteiger partial charge in [-0.2, -0.15) is 0 Å². The predicted octanol–water partition coefficient (Wildman–Crippen LogP) is 2.55. The van der Waals surface area contributed by atoms with Gasteiger partial charge in [-0.1, -0.05) is 15.9 Å². The highest BCUT2D eigenvalue weighted by Crippen LogP contribution is 2.35. The van der Waals surface area contributed by atoms with Gasteiger partial charge in [0.25, 0.3) is 11.6 Å². The topological polar surface area (TPSA) is 115 Å². The van der Waals surface area contributed by atoms with Gasteiger partial charge in [-0.05, 0) is 32.8 Å². The van der Waals surface area contributed by atoms with Crippen molar-refractivity contribution < 1.29 is 23.9 Å². The van der Waals surface area contributed by atoms with Crippen LogP contribution in [0.3, 0.4) is 0 Å². The molecule has 3 saturated heterocycles. The number of morpholine rings is 1.